The second-order valence-corrected chi connectivity index (χ2v) is 11.4. The topological polar surface area (TPSA) is 83.9 Å². The highest BCUT2D eigenvalue weighted by molar-refractivity contribution is 7.88. The molecule has 1 unspecified atom stereocenters. The highest BCUT2D eigenvalue weighted by Crippen LogP contribution is 2.46. The fraction of sp³-hybridized carbons (Fsp3) is 0.194. The van der Waals surface area contributed by atoms with Crippen LogP contribution in [-0.4, -0.2) is 24.9 Å². The molecule has 1 amide bonds. The van der Waals surface area contributed by atoms with E-state index in [1.165, 1.54) is 36.4 Å². The first-order valence-corrected chi connectivity index (χ1v) is 14.4. The number of nitrogens with zero attached hydrogens (tertiary/aromatic N) is 1. The molecule has 6 nitrogen and oxygen atoms in total. The van der Waals surface area contributed by atoms with Crippen molar-refractivity contribution >= 4 is 21.7 Å². The van der Waals surface area contributed by atoms with Crippen molar-refractivity contribution in [1.29, 1.82) is 0 Å². The molecular formula is C31H25F4NO5S. The smallest absolute Gasteiger partial charge is 0.388 e. The lowest BCUT2D eigenvalue weighted by molar-refractivity contribution is -0.131. The summed E-state index contributed by atoms with van der Waals surface area (Å²) in [5.41, 5.74) is -2.47. The summed E-state index contributed by atoms with van der Waals surface area (Å²) < 4.78 is 78.6. The van der Waals surface area contributed by atoms with Crippen LogP contribution in [-0.2, 0) is 14.9 Å². The van der Waals surface area contributed by atoms with E-state index in [1.54, 1.807) is 35.2 Å². The molecule has 0 bridgehead atoms. The minimum atomic E-state index is -5.81. The highest BCUT2D eigenvalue weighted by atomic mass is 32.2. The first kappa shape index (κ1) is 29.3. The lowest BCUT2D eigenvalue weighted by Crippen LogP contribution is -2.55. The maximum absolute atomic E-state index is 13.3. The third-order valence-corrected chi connectivity index (χ3v) is 8.14. The van der Waals surface area contributed by atoms with E-state index in [1.807, 2.05) is 30.3 Å². The van der Waals surface area contributed by atoms with Gasteiger partial charge in [0.2, 0.25) is 5.91 Å². The average Bonchev–Trinajstić information content (AvgIpc) is 2.96. The van der Waals surface area contributed by atoms with Gasteiger partial charge in [-0.2, -0.15) is 21.6 Å². The first-order valence-electron chi connectivity index (χ1n) is 13.0. The van der Waals surface area contributed by atoms with Gasteiger partial charge < -0.3 is 14.2 Å². The number of benzene rings is 4. The minimum Gasteiger partial charge on any atom is -0.388 e. The number of halogens is 4. The van der Waals surface area contributed by atoms with Crippen LogP contribution in [0.1, 0.15) is 36.1 Å². The third kappa shape index (κ3) is 6.02. The normalized spacial score (nSPS) is 17.9. The molecule has 0 aliphatic carbocycles. The van der Waals surface area contributed by atoms with Crippen LogP contribution < -0.4 is 9.08 Å². The Hall–Kier alpha value is -4.22. The minimum absolute atomic E-state index is 0.0997. The number of hydrogen-bond acceptors (Lipinski definition) is 5. The van der Waals surface area contributed by atoms with Crippen molar-refractivity contribution in [3.63, 3.8) is 0 Å². The molecule has 1 saturated heterocycles. The van der Waals surface area contributed by atoms with Gasteiger partial charge in [0.05, 0.1) is 18.1 Å². The quantitative estimate of drug-likeness (QED) is 0.0976. The Morgan fingerprint density at radius 1 is 0.857 bits per heavy atom. The highest BCUT2D eigenvalue weighted by Gasteiger charge is 2.49. The Morgan fingerprint density at radius 3 is 2.17 bits per heavy atom. The summed E-state index contributed by atoms with van der Waals surface area (Å²) in [5.74, 6) is -1.42. The lowest BCUT2D eigenvalue weighted by Gasteiger charge is -2.48. The van der Waals surface area contributed by atoms with Gasteiger partial charge in [-0.15, -0.1) is 0 Å². The van der Waals surface area contributed by atoms with Crippen molar-refractivity contribution in [3.05, 3.63) is 120 Å². The fourth-order valence-corrected chi connectivity index (χ4v) is 5.50. The number of amides is 1. The maximum Gasteiger partial charge on any atom is 0.534 e. The van der Waals surface area contributed by atoms with E-state index in [-0.39, 0.29) is 18.4 Å². The molecule has 1 aliphatic rings. The van der Waals surface area contributed by atoms with Crippen molar-refractivity contribution in [2.75, 3.05) is 4.90 Å². The Bertz CT molecular complexity index is 1660. The number of rotatable bonds is 9. The van der Waals surface area contributed by atoms with Crippen molar-refractivity contribution in [2.45, 2.75) is 30.5 Å². The number of aliphatic hydroxyl groups excluding tert-OH is 1. The number of alkyl halides is 3. The van der Waals surface area contributed by atoms with Crippen LogP contribution in [0.2, 0.25) is 0 Å². The number of β-lactam (4-membered cyclic amide) rings is 1. The number of para-hydroxylation sites is 1. The third-order valence-electron chi connectivity index (χ3n) is 7.16. The van der Waals surface area contributed by atoms with Crippen molar-refractivity contribution in [2.24, 2.45) is 5.92 Å². The molecule has 5 rings (SSSR count). The van der Waals surface area contributed by atoms with Crippen LogP contribution >= 0.6 is 0 Å². The first-order chi connectivity index (χ1) is 19.9. The van der Waals surface area contributed by atoms with Crippen LogP contribution in [0, 0.1) is 11.7 Å². The number of aliphatic hydroxyl groups is 1. The van der Waals surface area contributed by atoms with Crippen LogP contribution in [0.5, 0.6) is 5.75 Å². The maximum atomic E-state index is 13.3. The monoisotopic (exact) mass is 599 g/mol. The van der Waals surface area contributed by atoms with E-state index in [0.29, 0.717) is 28.8 Å². The molecule has 0 saturated carbocycles. The molecule has 4 aromatic carbocycles. The number of carbonyl (C=O) groups excluding carboxylic acids is 1. The standard InChI is InChI=1S/C31H25F4NO5S/c32-24-15-13-21(14-16-24)28(37)18-17-27-29(36(30(27)38)25-6-2-1-3-7-25)22-11-9-20(10-12-22)23-5-4-8-26(19-23)41-42(39,40)31(33,34)35/h1-16,19,27-29,37H,17-18H2/t27-,28?,29-/m1/s1. The Kier molecular flexibility index (Phi) is 8.07. The summed E-state index contributed by atoms with van der Waals surface area (Å²) in [6.45, 7) is 0. The average molecular weight is 600 g/mol. The second kappa shape index (κ2) is 11.6. The van der Waals surface area contributed by atoms with Gasteiger partial charge in [-0.05, 0) is 71.5 Å². The van der Waals surface area contributed by atoms with Gasteiger partial charge >= 0.3 is 15.6 Å². The van der Waals surface area contributed by atoms with Gasteiger partial charge in [0.15, 0.2) is 0 Å². The zero-order valence-electron chi connectivity index (χ0n) is 21.9. The van der Waals surface area contributed by atoms with Crippen molar-refractivity contribution in [1.82, 2.24) is 0 Å². The predicted octanol–water partition coefficient (Wildman–Crippen LogP) is 6.94. The van der Waals surface area contributed by atoms with Crippen LogP contribution in [0.3, 0.4) is 0 Å². The molecule has 1 fully saturated rings. The number of carbonyl (C=O) groups is 1. The molecule has 0 spiro atoms. The summed E-state index contributed by atoms with van der Waals surface area (Å²) in [7, 11) is -5.81. The molecule has 1 heterocycles. The van der Waals surface area contributed by atoms with Gasteiger partial charge in [-0.3, -0.25) is 4.79 Å². The van der Waals surface area contributed by atoms with E-state index in [4.69, 9.17) is 0 Å². The van der Waals surface area contributed by atoms with Crippen LogP contribution in [0.15, 0.2) is 103 Å². The zero-order valence-corrected chi connectivity index (χ0v) is 22.7. The summed E-state index contributed by atoms with van der Waals surface area (Å²) in [5, 5.41) is 10.6. The summed E-state index contributed by atoms with van der Waals surface area (Å²) in [6, 6.07) is 26.7. The van der Waals surface area contributed by atoms with Crippen molar-refractivity contribution in [3.8, 4) is 16.9 Å². The predicted molar refractivity (Wildman–Crippen MR) is 148 cm³/mol. The number of anilines is 1. The van der Waals surface area contributed by atoms with Gasteiger partial charge in [0, 0.05) is 5.69 Å². The van der Waals surface area contributed by atoms with Crippen LogP contribution in [0.25, 0.3) is 11.1 Å². The van der Waals surface area contributed by atoms with Gasteiger partial charge in [-0.25, -0.2) is 4.39 Å². The lowest BCUT2D eigenvalue weighted by atomic mass is 9.78. The van der Waals surface area contributed by atoms with E-state index in [2.05, 4.69) is 4.18 Å². The van der Waals surface area contributed by atoms with Gasteiger partial charge in [0.25, 0.3) is 0 Å². The Morgan fingerprint density at radius 2 is 1.52 bits per heavy atom. The summed E-state index contributed by atoms with van der Waals surface area (Å²) in [4.78, 5) is 15.0. The Balaban J connectivity index is 1.37. The zero-order chi connectivity index (χ0) is 30.1. The molecule has 1 aliphatic heterocycles. The SMILES string of the molecule is O=C1[C@H](CCC(O)c2ccc(F)cc2)[C@@H](c2ccc(-c3cccc(OS(=O)(=O)C(F)(F)F)c3)cc2)N1c1ccccc1. The van der Waals surface area contributed by atoms with Crippen molar-refractivity contribution < 1.29 is 40.1 Å². The molecule has 4 aromatic rings. The molecule has 0 aromatic heterocycles. The molecule has 3 atom stereocenters. The molecule has 0 radical (unpaired) electrons. The Labute approximate surface area is 239 Å². The number of hydrogen-bond donors (Lipinski definition) is 1. The fourth-order valence-electron chi connectivity index (χ4n) is 5.05. The largest absolute Gasteiger partial charge is 0.534 e. The second-order valence-electron chi connectivity index (χ2n) is 9.87. The van der Waals surface area contributed by atoms with E-state index in [0.717, 1.165) is 11.6 Å². The molecule has 218 valence electrons. The molecular weight excluding hydrogens is 574 g/mol. The molecule has 42 heavy (non-hydrogen) atoms. The van der Waals surface area contributed by atoms with Gasteiger partial charge in [0.1, 0.15) is 11.6 Å². The van der Waals surface area contributed by atoms with E-state index in [9.17, 15) is 35.9 Å². The molecule has 11 heteroatoms. The summed E-state index contributed by atoms with van der Waals surface area (Å²) in [6.07, 6.45) is -0.213. The molecule has 1 N–H and O–H groups in total. The van der Waals surface area contributed by atoms with E-state index < -0.39 is 39.2 Å². The van der Waals surface area contributed by atoms with E-state index >= 15 is 0 Å². The summed E-state index contributed by atoms with van der Waals surface area (Å²) >= 11 is 0. The van der Waals surface area contributed by atoms with Gasteiger partial charge in [-0.1, -0.05) is 66.7 Å². The van der Waals surface area contributed by atoms with Crippen LogP contribution in [0.4, 0.5) is 23.2 Å².